The summed E-state index contributed by atoms with van der Waals surface area (Å²) in [7, 11) is 1.68. The first-order valence-electron chi connectivity index (χ1n) is 8.16. The number of thiazole rings is 1. The number of hydrogen-bond donors (Lipinski definition) is 1. The number of aryl methyl sites for hydroxylation is 1. The van der Waals surface area contributed by atoms with Crippen LogP contribution >= 0.6 is 11.3 Å². The predicted octanol–water partition coefficient (Wildman–Crippen LogP) is 3.65. The van der Waals surface area contributed by atoms with Crippen molar-refractivity contribution < 1.29 is 4.74 Å². The molecule has 1 aliphatic heterocycles. The number of nitrogens with one attached hydrogen (secondary N) is 1. The Morgan fingerprint density at radius 2 is 2.09 bits per heavy atom. The van der Waals surface area contributed by atoms with E-state index in [-0.39, 0.29) is 4.87 Å². The first-order valence-corrected chi connectivity index (χ1v) is 8.98. The summed E-state index contributed by atoms with van der Waals surface area (Å²) in [4.78, 5) is 18.5. The Hall–Kier alpha value is -1.59. The normalized spacial score (nSPS) is 16.7. The molecule has 2 aromatic rings. The first-order chi connectivity index (χ1) is 11.1. The maximum absolute atomic E-state index is 11.9. The Morgan fingerprint density at radius 3 is 2.74 bits per heavy atom. The molecule has 0 amide bonds. The lowest BCUT2D eigenvalue weighted by atomic mass is 9.99. The number of nitrogens with zero attached hydrogens (tertiary/aromatic N) is 1. The highest BCUT2D eigenvalue weighted by molar-refractivity contribution is 7.09. The molecule has 0 atom stereocenters. The van der Waals surface area contributed by atoms with E-state index in [9.17, 15) is 4.79 Å². The molecule has 0 bridgehead atoms. The topological polar surface area (TPSA) is 45.3 Å². The van der Waals surface area contributed by atoms with Gasteiger partial charge in [0.2, 0.25) is 0 Å². The fraction of sp³-hybridized carbons (Fsp3) is 0.500. The van der Waals surface area contributed by atoms with Crippen LogP contribution in [0.25, 0.3) is 11.3 Å². The third-order valence-corrected chi connectivity index (χ3v) is 5.52. The number of aromatic amines is 1. The van der Waals surface area contributed by atoms with Crippen molar-refractivity contribution in [3.8, 4) is 17.0 Å². The van der Waals surface area contributed by atoms with Crippen LogP contribution in [0.2, 0.25) is 0 Å². The summed E-state index contributed by atoms with van der Waals surface area (Å²) >= 11 is 1.34. The third-order valence-electron chi connectivity index (χ3n) is 4.65. The van der Waals surface area contributed by atoms with Gasteiger partial charge in [-0.25, -0.2) is 0 Å². The highest BCUT2D eigenvalue weighted by atomic mass is 32.1. The summed E-state index contributed by atoms with van der Waals surface area (Å²) in [6, 6.07) is 6.07. The van der Waals surface area contributed by atoms with Gasteiger partial charge in [-0.3, -0.25) is 9.69 Å². The number of aromatic nitrogens is 1. The molecule has 1 saturated heterocycles. The average Bonchev–Trinajstić information content (AvgIpc) is 2.90. The number of ether oxygens (including phenoxy) is 1. The Morgan fingerprint density at radius 1 is 1.35 bits per heavy atom. The molecule has 5 heteroatoms. The van der Waals surface area contributed by atoms with Gasteiger partial charge in [0.05, 0.1) is 12.8 Å². The van der Waals surface area contributed by atoms with Gasteiger partial charge < -0.3 is 9.72 Å². The largest absolute Gasteiger partial charge is 0.496 e. The van der Waals surface area contributed by atoms with Gasteiger partial charge in [-0.1, -0.05) is 18.3 Å². The lowest BCUT2D eigenvalue weighted by molar-refractivity contribution is 0.187. The molecule has 0 radical (unpaired) electrons. The highest BCUT2D eigenvalue weighted by Crippen LogP contribution is 2.29. The third kappa shape index (κ3) is 3.67. The van der Waals surface area contributed by atoms with E-state index in [1.807, 2.05) is 19.1 Å². The van der Waals surface area contributed by atoms with Crippen molar-refractivity contribution in [2.24, 2.45) is 5.92 Å². The molecule has 3 rings (SSSR count). The maximum Gasteiger partial charge on any atom is 0.305 e. The molecule has 4 nitrogen and oxygen atoms in total. The Kier molecular flexibility index (Phi) is 4.87. The molecule has 0 aliphatic carbocycles. The second-order valence-electron chi connectivity index (χ2n) is 6.46. The van der Waals surface area contributed by atoms with Crippen molar-refractivity contribution in [3.63, 3.8) is 0 Å². The molecule has 1 aliphatic rings. The van der Waals surface area contributed by atoms with Crippen molar-refractivity contribution in [2.75, 3.05) is 20.2 Å². The highest BCUT2D eigenvalue weighted by Gasteiger charge is 2.19. The van der Waals surface area contributed by atoms with Crippen LogP contribution in [-0.4, -0.2) is 30.1 Å². The fourth-order valence-corrected chi connectivity index (χ4v) is 4.06. The number of rotatable bonds is 4. The molecular weight excluding hydrogens is 308 g/mol. The summed E-state index contributed by atoms with van der Waals surface area (Å²) in [6.07, 6.45) is 2.49. The van der Waals surface area contributed by atoms with Crippen LogP contribution in [0, 0.1) is 12.8 Å². The Labute approximate surface area is 141 Å². The molecule has 0 unspecified atom stereocenters. The minimum atomic E-state index is 0.0221. The van der Waals surface area contributed by atoms with E-state index in [2.05, 4.69) is 22.9 Å². The van der Waals surface area contributed by atoms with Gasteiger partial charge in [-0.2, -0.15) is 0 Å². The average molecular weight is 332 g/mol. The SMILES string of the molecule is COc1ccc(-c2[nH]c(=O)sc2CN2CCC(C)CC2)cc1C. The molecule has 2 heterocycles. The van der Waals surface area contributed by atoms with E-state index in [1.165, 1.54) is 24.2 Å². The lowest BCUT2D eigenvalue weighted by Gasteiger charge is -2.29. The number of methoxy groups -OCH3 is 1. The zero-order valence-corrected chi connectivity index (χ0v) is 14.8. The molecule has 1 aromatic heterocycles. The standard InChI is InChI=1S/C18H24N2O2S/c1-12-6-8-20(9-7-12)11-16-17(19-18(21)23-16)14-4-5-15(22-3)13(2)10-14/h4-5,10,12H,6-9,11H2,1-3H3,(H,19,21). The summed E-state index contributed by atoms with van der Waals surface area (Å²) < 4.78 is 5.33. The van der Waals surface area contributed by atoms with E-state index in [0.29, 0.717) is 0 Å². The van der Waals surface area contributed by atoms with E-state index in [0.717, 1.165) is 53.0 Å². The summed E-state index contributed by atoms with van der Waals surface area (Å²) in [5.74, 6) is 1.69. The number of benzene rings is 1. The van der Waals surface area contributed by atoms with Crippen molar-refractivity contribution in [1.29, 1.82) is 0 Å². The fourth-order valence-electron chi connectivity index (χ4n) is 3.16. The quantitative estimate of drug-likeness (QED) is 0.929. The number of likely N-dealkylation sites (tertiary alicyclic amines) is 1. The lowest BCUT2D eigenvalue weighted by Crippen LogP contribution is -2.32. The molecule has 1 fully saturated rings. The predicted molar refractivity (Wildman–Crippen MR) is 95.3 cm³/mol. The monoisotopic (exact) mass is 332 g/mol. The Balaban J connectivity index is 1.86. The zero-order valence-electron chi connectivity index (χ0n) is 14.0. The van der Waals surface area contributed by atoms with Gasteiger partial charge in [-0.15, -0.1) is 0 Å². The van der Waals surface area contributed by atoms with Gasteiger partial charge in [0.25, 0.3) is 0 Å². The van der Waals surface area contributed by atoms with Gasteiger partial charge in [0, 0.05) is 11.4 Å². The summed E-state index contributed by atoms with van der Waals surface area (Å²) in [5.41, 5.74) is 3.10. The van der Waals surface area contributed by atoms with E-state index in [4.69, 9.17) is 4.74 Å². The van der Waals surface area contributed by atoms with Gasteiger partial charge in [0.15, 0.2) is 0 Å². The number of hydrogen-bond acceptors (Lipinski definition) is 4. The van der Waals surface area contributed by atoms with Crippen LogP contribution in [0.5, 0.6) is 5.75 Å². The van der Waals surface area contributed by atoms with Crippen LogP contribution in [-0.2, 0) is 6.54 Å². The molecule has 0 spiro atoms. The van der Waals surface area contributed by atoms with Crippen molar-refractivity contribution in [3.05, 3.63) is 38.3 Å². The van der Waals surface area contributed by atoms with Gasteiger partial charge in [0.1, 0.15) is 5.75 Å². The van der Waals surface area contributed by atoms with E-state index < -0.39 is 0 Å². The van der Waals surface area contributed by atoms with Crippen LogP contribution < -0.4 is 9.61 Å². The zero-order chi connectivity index (χ0) is 16.4. The first kappa shape index (κ1) is 16.3. The minimum absolute atomic E-state index is 0.0221. The second kappa shape index (κ2) is 6.89. The summed E-state index contributed by atoms with van der Waals surface area (Å²) in [5, 5.41) is 0. The molecule has 124 valence electrons. The second-order valence-corrected chi connectivity index (χ2v) is 7.52. The van der Waals surface area contributed by atoms with Crippen LogP contribution in [0.1, 0.15) is 30.2 Å². The van der Waals surface area contributed by atoms with Crippen LogP contribution in [0.3, 0.4) is 0 Å². The molecule has 23 heavy (non-hydrogen) atoms. The van der Waals surface area contributed by atoms with Gasteiger partial charge in [-0.05, 0) is 68.1 Å². The smallest absolute Gasteiger partial charge is 0.305 e. The maximum atomic E-state index is 11.9. The summed E-state index contributed by atoms with van der Waals surface area (Å²) in [6.45, 7) is 7.44. The van der Waals surface area contributed by atoms with E-state index in [1.54, 1.807) is 7.11 Å². The van der Waals surface area contributed by atoms with Crippen LogP contribution in [0.15, 0.2) is 23.0 Å². The number of H-pyrrole nitrogens is 1. The van der Waals surface area contributed by atoms with Gasteiger partial charge >= 0.3 is 4.87 Å². The molecule has 1 N–H and O–H groups in total. The Bertz CT molecular complexity index is 727. The van der Waals surface area contributed by atoms with E-state index >= 15 is 0 Å². The minimum Gasteiger partial charge on any atom is -0.496 e. The van der Waals surface area contributed by atoms with Crippen LogP contribution in [0.4, 0.5) is 0 Å². The van der Waals surface area contributed by atoms with Crippen molar-refractivity contribution >= 4 is 11.3 Å². The van der Waals surface area contributed by atoms with Crippen molar-refractivity contribution in [1.82, 2.24) is 9.88 Å². The molecule has 0 saturated carbocycles. The molecule has 1 aromatic carbocycles. The molecular formula is C18H24N2O2S. The number of piperidine rings is 1. The van der Waals surface area contributed by atoms with Crippen molar-refractivity contribution in [2.45, 2.75) is 33.2 Å².